The number of piperidine rings is 1. The summed E-state index contributed by atoms with van der Waals surface area (Å²) in [6.07, 6.45) is 0.625. The first-order valence-corrected chi connectivity index (χ1v) is 9.47. The van der Waals surface area contributed by atoms with Crippen LogP contribution in [0.25, 0.3) is 0 Å². The number of likely N-dealkylation sites (tertiary alicyclic amines) is 1. The van der Waals surface area contributed by atoms with Crippen LogP contribution >= 0.6 is 22.6 Å². The first-order valence-electron chi connectivity index (χ1n) is 8.40. The van der Waals surface area contributed by atoms with E-state index in [2.05, 4.69) is 0 Å². The van der Waals surface area contributed by atoms with Crippen LogP contribution in [0.2, 0.25) is 0 Å². The largest absolute Gasteiger partial charge is 0.444 e. The van der Waals surface area contributed by atoms with Gasteiger partial charge in [0.2, 0.25) is 0 Å². The summed E-state index contributed by atoms with van der Waals surface area (Å²) < 4.78 is 33.7. The van der Waals surface area contributed by atoms with Crippen molar-refractivity contribution in [2.24, 2.45) is 0 Å². The van der Waals surface area contributed by atoms with Gasteiger partial charge in [-0.2, -0.15) is 0 Å². The van der Waals surface area contributed by atoms with E-state index in [0.29, 0.717) is 25.9 Å². The van der Waals surface area contributed by atoms with E-state index in [9.17, 15) is 18.4 Å². The van der Waals surface area contributed by atoms with E-state index in [1.54, 1.807) is 50.4 Å². The predicted molar refractivity (Wildman–Crippen MR) is 102 cm³/mol. The van der Waals surface area contributed by atoms with Crippen molar-refractivity contribution in [1.29, 1.82) is 0 Å². The molecule has 1 aromatic carbocycles. The fourth-order valence-corrected chi connectivity index (χ4v) is 3.27. The summed E-state index contributed by atoms with van der Waals surface area (Å²) in [6, 6.07) is 2.31. The molecule has 144 valence electrons. The van der Waals surface area contributed by atoms with Crippen molar-refractivity contribution in [3.8, 4) is 0 Å². The SMILES string of the molecule is CN(C(=O)OC(C)(C)C)C1CCN(C(=O)c2c(F)ccc(I)c2F)CC1. The maximum absolute atomic E-state index is 14.2. The van der Waals surface area contributed by atoms with Gasteiger partial charge in [0, 0.05) is 29.7 Å². The van der Waals surface area contributed by atoms with Crippen molar-refractivity contribution < 1.29 is 23.1 Å². The van der Waals surface area contributed by atoms with Crippen molar-refractivity contribution in [3.63, 3.8) is 0 Å². The average Bonchev–Trinajstić information content (AvgIpc) is 2.56. The first kappa shape index (κ1) is 20.9. The number of hydrogen-bond donors (Lipinski definition) is 0. The highest BCUT2D eigenvalue weighted by Crippen LogP contribution is 2.24. The Labute approximate surface area is 165 Å². The lowest BCUT2D eigenvalue weighted by molar-refractivity contribution is 0.0155. The number of halogens is 3. The summed E-state index contributed by atoms with van der Waals surface area (Å²) in [6.45, 7) is 6.03. The molecule has 1 aliphatic rings. The minimum atomic E-state index is -0.860. The van der Waals surface area contributed by atoms with Gasteiger partial charge in [0.1, 0.15) is 17.0 Å². The van der Waals surface area contributed by atoms with E-state index < -0.39 is 34.8 Å². The summed E-state index contributed by atoms with van der Waals surface area (Å²) in [5.41, 5.74) is -1.10. The normalized spacial score (nSPS) is 15.7. The van der Waals surface area contributed by atoms with Gasteiger partial charge in [-0.3, -0.25) is 4.79 Å². The molecule has 2 rings (SSSR count). The number of hydrogen-bond acceptors (Lipinski definition) is 3. The lowest BCUT2D eigenvalue weighted by atomic mass is 10.0. The molecule has 0 aliphatic carbocycles. The molecular formula is C18H23F2IN2O3. The molecule has 1 saturated heterocycles. The maximum atomic E-state index is 14.2. The third-order valence-electron chi connectivity index (χ3n) is 4.24. The van der Waals surface area contributed by atoms with Crippen molar-refractivity contribution in [3.05, 3.63) is 32.9 Å². The van der Waals surface area contributed by atoms with E-state index in [1.165, 1.54) is 15.9 Å². The Kier molecular flexibility index (Phi) is 6.46. The molecule has 26 heavy (non-hydrogen) atoms. The molecule has 0 saturated carbocycles. The summed E-state index contributed by atoms with van der Waals surface area (Å²) in [7, 11) is 1.66. The second-order valence-corrected chi connectivity index (χ2v) is 8.50. The second-order valence-electron chi connectivity index (χ2n) is 7.33. The third kappa shape index (κ3) is 4.83. The van der Waals surface area contributed by atoms with Crippen molar-refractivity contribution in [2.75, 3.05) is 20.1 Å². The van der Waals surface area contributed by atoms with Gasteiger partial charge in [-0.1, -0.05) is 0 Å². The van der Waals surface area contributed by atoms with E-state index >= 15 is 0 Å². The molecule has 0 bridgehead atoms. The highest BCUT2D eigenvalue weighted by atomic mass is 127. The molecule has 1 aliphatic heterocycles. The van der Waals surface area contributed by atoms with Crippen LogP contribution in [0.3, 0.4) is 0 Å². The Hall–Kier alpha value is -1.45. The molecule has 0 spiro atoms. The van der Waals surface area contributed by atoms with Crippen molar-refractivity contribution in [2.45, 2.75) is 45.3 Å². The van der Waals surface area contributed by atoms with Crippen molar-refractivity contribution in [1.82, 2.24) is 9.80 Å². The molecule has 2 amide bonds. The Bertz CT molecular complexity index is 698. The molecule has 0 N–H and O–H groups in total. The number of carbonyl (C=O) groups is 2. The van der Waals surface area contributed by atoms with Crippen LogP contribution in [0.4, 0.5) is 13.6 Å². The van der Waals surface area contributed by atoms with Crippen molar-refractivity contribution >= 4 is 34.6 Å². The lowest BCUT2D eigenvalue weighted by Crippen LogP contribution is -2.48. The van der Waals surface area contributed by atoms with Gasteiger partial charge in [-0.15, -0.1) is 0 Å². The quantitative estimate of drug-likeness (QED) is 0.475. The highest BCUT2D eigenvalue weighted by Gasteiger charge is 2.32. The minimum Gasteiger partial charge on any atom is -0.444 e. The number of amides is 2. The Morgan fingerprint density at radius 2 is 1.81 bits per heavy atom. The van der Waals surface area contributed by atoms with Gasteiger partial charge < -0.3 is 14.5 Å². The summed E-state index contributed by atoms with van der Waals surface area (Å²) in [4.78, 5) is 27.6. The Balaban J connectivity index is 2.01. The average molecular weight is 480 g/mol. The van der Waals surface area contributed by atoms with E-state index in [1.807, 2.05) is 0 Å². The number of rotatable bonds is 2. The molecule has 0 atom stereocenters. The van der Waals surface area contributed by atoms with Crippen LogP contribution < -0.4 is 0 Å². The monoisotopic (exact) mass is 480 g/mol. The molecule has 0 unspecified atom stereocenters. The fraction of sp³-hybridized carbons (Fsp3) is 0.556. The zero-order chi connectivity index (χ0) is 19.6. The summed E-state index contributed by atoms with van der Waals surface area (Å²) in [5.74, 6) is -2.35. The maximum Gasteiger partial charge on any atom is 0.410 e. The topological polar surface area (TPSA) is 49.9 Å². The Morgan fingerprint density at radius 3 is 2.35 bits per heavy atom. The number of nitrogens with zero attached hydrogens (tertiary/aromatic N) is 2. The van der Waals surface area contributed by atoms with Gasteiger partial charge >= 0.3 is 6.09 Å². The van der Waals surface area contributed by atoms with Gasteiger partial charge in [0.15, 0.2) is 5.82 Å². The Morgan fingerprint density at radius 1 is 1.23 bits per heavy atom. The minimum absolute atomic E-state index is 0.0838. The number of carbonyl (C=O) groups excluding carboxylic acids is 2. The van der Waals surface area contributed by atoms with Crippen LogP contribution in [0, 0.1) is 15.2 Å². The van der Waals surface area contributed by atoms with Crippen LogP contribution in [-0.2, 0) is 4.74 Å². The highest BCUT2D eigenvalue weighted by molar-refractivity contribution is 14.1. The molecule has 8 heteroatoms. The van der Waals surface area contributed by atoms with E-state index in [-0.39, 0.29) is 9.61 Å². The van der Waals surface area contributed by atoms with E-state index in [4.69, 9.17) is 4.74 Å². The van der Waals surface area contributed by atoms with Gasteiger partial charge in [0.05, 0.1) is 0 Å². The fourth-order valence-electron chi connectivity index (χ4n) is 2.82. The van der Waals surface area contributed by atoms with Gasteiger partial charge in [0.25, 0.3) is 5.91 Å². The molecule has 5 nitrogen and oxygen atoms in total. The molecule has 0 radical (unpaired) electrons. The zero-order valence-corrected chi connectivity index (χ0v) is 17.5. The smallest absolute Gasteiger partial charge is 0.410 e. The molecule has 1 heterocycles. The van der Waals surface area contributed by atoms with Gasteiger partial charge in [-0.05, 0) is 68.3 Å². The predicted octanol–water partition coefficient (Wildman–Crippen LogP) is 4.04. The zero-order valence-electron chi connectivity index (χ0n) is 15.3. The first-order chi connectivity index (χ1) is 12.0. The molecule has 0 aromatic heterocycles. The number of benzene rings is 1. The van der Waals surface area contributed by atoms with Crippen LogP contribution in [-0.4, -0.2) is 53.6 Å². The summed E-state index contributed by atoms with van der Waals surface area (Å²) in [5, 5.41) is 0. The lowest BCUT2D eigenvalue weighted by Gasteiger charge is -2.37. The second kappa shape index (κ2) is 8.06. The third-order valence-corrected chi connectivity index (χ3v) is 5.07. The molecule has 1 aromatic rings. The van der Waals surface area contributed by atoms with E-state index in [0.717, 1.165) is 6.07 Å². The standard InChI is InChI=1S/C18H23F2IN2O3/c1-18(2,3)26-17(25)22(4)11-7-9-23(10-8-11)16(24)14-12(19)5-6-13(21)15(14)20/h5-6,11H,7-10H2,1-4H3. The molecule has 1 fully saturated rings. The van der Waals surface area contributed by atoms with Crippen LogP contribution in [0.1, 0.15) is 44.0 Å². The van der Waals surface area contributed by atoms with Gasteiger partial charge in [-0.25, -0.2) is 13.6 Å². The number of ether oxygens (including phenoxy) is 1. The molecular weight excluding hydrogens is 457 g/mol. The summed E-state index contributed by atoms with van der Waals surface area (Å²) >= 11 is 1.73. The van der Waals surface area contributed by atoms with Crippen LogP contribution in [0.5, 0.6) is 0 Å². The van der Waals surface area contributed by atoms with Crippen LogP contribution in [0.15, 0.2) is 12.1 Å².